The summed E-state index contributed by atoms with van der Waals surface area (Å²) in [5.41, 5.74) is 0.697. The summed E-state index contributed by atoms with van der Waals surface area (Å²) in [7, 11) is 0. The van der Waals surface area contributed by atoms with E-state index in [9.17, 15) is 4.79 Å². The van der Waals surface area contributed by atoms with Gasteiger partial charge in [0.2, 0.25) is 0 Å². The van der Waals surface area contributed by atoms with Crippen LogP contribution < -0.4 is 9.64 Å². The minimum Gasteiger partial charge on any atom is -0.494 e. The number of piperidine rings is 1. The van der Waals surface area contributed by atoms with E-state index in [2.05, 4.69) is 4.90 Å². The second-order valence-electron chi connectivity index (χ2n) is 5.16. The van der Waals surface area contributed by atoms with E-state index in [-0.39, 0.29) is 0 Å². The Kier molecular flexibility index (Phi) is 3.60. The number of anilines is 1. The zero-order valence-corrected chi connectivity index (χ0v) is 11.4. The molecule has 1 saturated heterocycles. The van der Waals surface area contributed by atoms with Gasteiger partial charge in [0, 0.05) is 18.7 Å². The maximum absolute atomic E-state index is 12.0. The Hall–Kier alpha value is -1.51. The first-order chi connectivity index (χ1) is 8.55. The molecule has 98 valence electrons. The van der Waals surface area contributed by atoms with E-state index in [0.717, 1.165) is 24.4 Å². The van der Waals surface area contributed by atoms with Crippen molar-refractivity contribution in [2.45, 2.75) is 39.2 Å². The highest BCUT2D eigenvalue weighted by atomic mass is 16.5. The number of hydrogen-bond acceptors (Lipinski definition) is 3. The third-order valence-electron chi connectivity index (χ3n) is 3.60. The van der Waals surface area contributed by atoms with Crippen molar-refractivity contribution in [1.29, 1.82) is 0 Å². The molecule has 1 aliphatic heterocycles. The molecule has 1 aliphatic rings. The van der Waals surface area contributed by atoms with Crippen molar-refractivity contribution in [1.82, 2.24) is 0 Å². The van der Waals surface area contributed by atoms with Crippen molar-refractivity contribution in [2.24, 2.45) is 0 Å². The summed E-state index contributed by atoms with van der Waals surface area (Å²) in [5.74, 6) is 1.20. The molecule has 0 saturated carbocycles. The summed E-state index contributed by atoms with van der Waals surface area (Å²) in [6.07, 6.45) is 1.63. The third kappa shape index (κ3) is 2.35. The van der Waals surface area contributed by atoms with Crippen molar-refractivity contribution in [3.8, 4) is 5.75 Å². The Labute approximate surface area is 109 Å². The van der Waals surface area contributed by atoms with E-state index >= 15 is 0 Å². The summed E-state index contributed by atoms with van der Waals surface area (Å²) in [6, 6.07) is 8.00. The van der Waals surface area contributed by atoms with E-state index in [1.165, 1.54) is 0 Å². The number of Topliss-reactive ketones (excluding diaryl/α,β-unsaturated/α-hetero) is 1. The first-order valence-electron chi connectivity index (χ1n) is 6.59. The number of carbonyl (C=O) groups excluding carboxylic acids is 1. The normalized spacial score (nSPS) is 18.8. The Bertz CT molecular complexity index is 423. The molecule has 0 spiro atoms. The van der Waals surface area contributed by atoms with Crippen molar-refractivity contribution in [2.75, 3.05) is 18.1 Å². The van der Waals surface area contributed by atoms with E-state index in [1.807, 2.05) is 45.0 Å². The van der Waals surface area contributed by atoms with Crippen LogP contribution in [0.2, 0.25) is 0 Å². The van der Waals surface area contributed by atoms with Gasteiger partial charge < -0.3 is 9.64 Å². The highest BCUT2D eigenvalue weighted by molar-refractivity contribution is 5.92. The van der Waals surface area contributed by atoms with Crippen LogP contribution in [-0.2, 0) is 4.79 Å². The summed E-state index contributed by atoms with van der Waals surface area (Å²) in [5, 5.41) is 0. The van der Waals surface area contributed by atoms with Gasteiger partial charge in [0.15, 0.2) is 5.78 Å². The summed E-state index contributed by atoms with van der Waals surface area (Å²) in [6.45, 7) is 7.59. The van der Waals surface area contributed by atoms with Crippen molar-refractivity contribution in [3.05, 3.63) is 24.3 Å². The lowest BCUT2D eigenvalue weighted by molar-refractivity contribution is -0.124. The van der Waals surface area contributed by atoms with Gasteiger partial charge in [-0.25, -0.2) is 0 Å². The van der Waals surface area contributed by atoms with Gasteiger partial charge in [-0.2, -0.15) is 0 Å². The fraction of sp³-hybridized carbons (Fsp3) is 0.533. The lowest BCUT2D eigenvalue weighted by atomic mass is 9.88. The first-order valence-corrected chi connectivity index (χ1v) is 6.59. The second-order valence-corrected chi connectivity index (χ2v) is 5.16. The molecule has 0 N–H and O–H groups in total. The van der Waals surface area contributed by atoms with Crippen molar-refractivity contribution in [3.63, 3.8) is 0 Å². The fourth-order valence-electron chi connectivity index (χ4n) is 2.47. The lowest BCUT2D eigenvalue weighted by Gasteiger charge is -2.42. The number of ether oxygens (including phenoxy) is 1. The minimum atomic E-state index is -0.397. The molecule has 1 aromatic carbocycles. The van der Waals surface area contributed by atoms with Crippen LogP contribution >= 0.6 is 0 Å². The van der Waals surface area contributed by atoms with Gasteiger partial charge in [-0.3, -0.25) is 4.79 Å². The summed E-state index contributed by atoms with van der Waals surface area (Å²) in [4.78, 5) is 14.2. The molecule has 2 rings (SSSR count). The molecule has 0 amide bonds. The molecule has 0 bridgehead atoms. The average Bonchev–Trinajstić information content (AvgIpc) is 2.34. The highest BCUT2D eigenvalue weighted by Crippen LogP contribution is 2.31. The molecule has 3 heteroatoms. The molecule has 18 heavy (non-hydrogen) atoms. The Morgan fingerprint density at radius 1 is 1.28 bits per heavy atom. The largest absolute Gasteiger partial charge is 0.494 e. The minimum absolute atomic E-state index is 0.322. The maximum Gasteiger partial charge on any atom is 0.157 e. The maximum atomic E-state index is 12.0. The topological polar surface area (TPSA) is 29.5 Å². The molecule has 1 heterocycles. The number of ketones is 1. The number of carbonyl (C=O) groups is 1. The Morgan fingerprint density at radius 3 is 2.56 bits per heavy atom. The third-order valence-corrected chi connectivity index (χ3v) is 3.60. The van der Waals surface area contributed by atoms with E-state index < -0.39 is 5.54 Å². The molecule has 0 atom stereocenters. The summed E-state index contributed by atoms with van der Waals surface area (Å²) >= 11 is 0. The van der Waals surface area contributed by atoms with Gasteiger partial charge in [0.05, 0.1) is 12.1 Å². The van der Waals surface area contributed by atoms with Crippen molar-refractivity contribution < 1.29 is 9.53 Å². The fourth-order valence-corrected chi connectivity index (χ4v) is 2.47. The standard InChI is InChI=1S/C15H21NO2/c1-4-18-13-9-7-12(8-10-13)16-11-5-6-14(17)15(16,2)3/h7-10H,4-6,11H2,1-3H3. The van der Waals surface area contributed by atoms with E-state index in [4.69, 9.17) is 4.74 Å². The molecule has 0 radical (unpaired) electrons. The SMILES string of the molecule is CCOc1ccc(N2CCCC(=O)C2(C)C)cc1. The van der Waals surface area contributed by atoms with E-state index in [1.54, 1.807) is 0 Å². The van der Waals surface area contributed by atoms with Crippen LogP contribution in [-0.4, -0.2) is 24.5 Å². The molecular weight excluding hydrogens is 226 g/mol. The summed E-state index contributed by atoms with van der Waals surface area (Å²) < 4.78 is 5.44. The predicted molar refractivity (Wildman–Crippen MR) is 73.3 cm³/mol. The van der Waals surface area contributed by atoms with Gasteiger partial charge in [-0.05, 0) is 51.5 Å². The average molecular weight is 247 g/mol. The molecule has 1 fully saturated rings. The molecular formula is C15H21NO2. The number of nitrogens with zero attached hydrogens (tertiary/aromatic N) is 1. The molecule has 0 aromatic heterocycles. The van der Waals surface area contributed by atoms with Crippen LogP contribution in [0.25, 0.3) is 0 Å². The quantitative estimate of drug-likeness (QED) is 0.822. The molecule has 0 unspecified atom stereocenters. The van der Waals surface area contributed by atoms with Gasteiger partial charge in [-0.15, -0.1) is 0 Å². The monoisotopic (exact) mass is 247 g/mol. The smallest absolute Gasteiger partial charge is 0.157 e. The molecule has 3 nitrogen and oxygen atoms in total. The van der Waals surface area contributed by atoms with Crippen LogP contribution in [0.3, 0.4) is 0 Å². The predicted octanol–water partition coefficient (Wildman–Crippen LogP) is 3.03. The van der Waals surface area contributed by atoms with Crippen LogP contribution in [0.15, 0.2) is 24.3 Å². The van der Waals surface area contributed by atoms with Gasteiger partial charge in [0.1, 0.15) is 5.75 Å². The molecule has 0 aliphatic carbocycles. The molecule has 1 aromatic rings. The van der Waals surface area contributed by atoms with Gasteiger partial charge in [-0.1, -0.05) is 0 Å². The zero-order chi connectivity index (χ0) is 13.2. The second kappa shape index (κ2) is 5.01. The lowest BCUT2D eigenvalue weighted by Crippen LogP contribution is -2.54. The highest BCUT2D eigenvalue weighted by Gasteiger charge is 2.37. The van der Waals surface area contributed by atoms with Crippen LogP contribution in [0.5, 0.6) is 5.75 Å². The van der Waals surface area contributed by atoms with Crippen LogP contribution in [0.1, 0.15) is 33.6 Å². The Balaban J connectivity index is 2.22. The Morgan fingerprint density at radius 2 is 1.94 bits per heavy atom. The van der Waals surface area contributed by atoms with Gasteiger partial charge in [0.25, 0.3) is 0 Å². The van der Waals surface area contributed by atoms with Crippen LogP contribution in [0.4, 0.5) is 5.69 Å². The first kappa shape index (κ1) is 12.9. The van der Waals surface area contributed by atoms with Gasteiger partial charge >= 0.3 is 0 Å². The van der Waals surface area contributed by atoms with E-state index in [0.29, 0.717) is 18.8 Å². The van der Waals surface area contributed by atoms with Crippen molar-refractivity contribution >= 4 is 11.5 Å². The van der Waals surface area contributed by atoms with Crippen LogP contribution in [0, 0.1) is 0 Å². The zero-order valence-electron chi connectivity index (χ0n) is 11.4. The number of benzene rings is 1. The number of hydrogen-bond donors (Lipinski definition) is 0. The number of rotatable bonds is 3.